The van der Waals surface area contributed by atoms with E-state index in [4.69, 9.17) is 4.74 Å². The van der Waals surface area contributed by atoms with Crippen LogP contribution in [0.3, 0.4) is 0 Å². The van der Waals surface area contributed by atoms with Gasteiger partial charge in [0.05, 0.1) is 16.7 Å². The van der Waals surface area contributed by atoms with Crippen LogP contribution in [0.25, 0.3) is 16.6 Å². The second-order valence-electron chi connectivity index (χ2n) is 5.43. The van der Waals surface area contributed by atoms with E-state index in [0.29, 0.717) is 28.8 Å². The maximum atomic E-state index is 9.33. The van der Waals surface area contributed by atoms with Crippen LogP contribution in [0.5, 0.6) is 11.6 Å². The lowest BCUT2D eigenvalue weighted by Crippen LogP contribution is -1.93. The molecule has 23 heavy (non-hydrogen) atoms. The third-order valence-corrected chi connectivity index (χ3v) is 3.68. The van der Waals surface area contributed by atoms with Gasteiger partial charge in [-0.3, -0.25) is 4.98 Å². The monoisotopic (exact) mass is 303 g/mol. The first-order valence-electron chi connectivity index (χ1n) is 7.38. The Morgan fingerprint density at radius 2 is 2.22 bits per heavy atom. The second-order valence-corrected chi connectivity index (χ2v) is 5.43. The Hall–Kier alpha value is -3.20. The van der Waals surface area contributed by atoms with Crippen LogP contribution in [0, 0.1) is 17.2 Å². The predicted molar refractivity (Wildman–Crippen MR) is 84.5 cm³/mol. The van der Waals surface area contributed by atoms with Crippen molar-refractivity contribution in [1.82, 2.24) is 19.9 Å². The van der Waals surface area contributed by atoms with Crippen molar-refractivity contribution in [2.24, 2.45) is 5.92 Å². The van der Waals surface area contributed by atoms with Gasteiger partial charge in [-0.05, 0) is 30.9 Å². The van der Waals surface area contributed by atoms with Gasteiger partial charge in [0, 0.05) is 18.5 Å². The van der Waals surface area contributed by atoms with Crippen molar-refractivity contribution in [1.29, 1.82) is 5.26 Å². The average Bonchev–Trinajstić information content (AvgIpc) is 3.27. The van der Waals surface area contributed by atoms with Gasteiger partial charge in [-0.25, -0.2) is 9.97 Å². The molecule has 0 saturated heterocycles. The number of nitrogens with one attached hydrogen (secondary N) is 1. The topological polar surface area (TPSA) is 87.5 Å². The maximum absolute atomic E-state index is 9.33. The normalized spacial score (nSPS) is 14.7. The summed E-state index contributed by atoms with van der Waals surface area (Å²) in [4.78, 5) is 15.6. The number of aromatic nitrogens is 4. The molecule has 3 aromatic rings. The summed E-state index contributed by atoms with van der Waals surface area (Å²) in [7, 11) is 0. The SMILES string of the molecule is N#C/C(=C\C1CC1)c1cc(Oc2ncnc3[nH]ccc23)ccn1. The molecule has 0 unspecified atom stereocenters. The first-order valence-corrected chi connectivity index (χ1v) is 7.38. The van der Waals surface area contributed by atoms with E-state index >= 15 is 0 Å². The van der Waals surface area contributed by atoms with E-state index < -0.39 is 0 Å². The molecule has 1 saturated carbocycles. The van der Waals surface area contributed by atoms with Crippen LogP contribution < -0.4 is 4.74 Å². The van der Waals surface area contributed by atoms with Crippen molar-refractivity contribution in [2.45, 2.75) is 12.8 Å². The van der Waals surface area contributed by atoms with Crippen molar-refractivity contribution < 1.29 is 4.74 Å². The van der Waals surface area contributed by atoms with Crippen LogP contribution in [0.15, 0.2) is 43.0 Å². The fraction of sp³-hybridized carbons (Fsp3) is 0.176. The molecule has 1 aliphatic rings. The summed E-state index contributed by atoms with van der Waals surface area (Å²) >= 11 is 0. The summed E-state index contributed by atoms with van der Waals surface area (Å²) in [5, 5.41) is 10.1. The van der Waals surface area contributed by atoms with E-state index in [1.54, 1.807) is 24.5 Å². The van der Waals surface area contributed by atoms with Gasteiger partial charge in [0.15, 0.2) is 0 Å². The maximum Gasteiger partial charge on any atom is 0.231 e. The van der Waals surface area contributed by atoms with Crippen LogP contribution in [-0.2, 0) is 0 Å². The number of allylic oxidation sites excluding steroid dienone is 2. The molecule has 1 aliphatic carbocycles. The predicted octanol–water partition coefficient (Wildman–Crippen LogP) is 3.46. The Morgan fingerprint density at radius 3 is 3.04 bits per heavy atom. The zero-order valence-electron chi connectivity index (χ0n) is 12.2. The van der Waals surface area contributed by atoms with Crippen LogP contribution in [0.1, 0.15) is 18.5 Å². The molecule has 0 amide bonds. The fourth-order valence-electron chi connectivity index (χ4n) is 2.34. The van der Waals surface area contributed by atoms with E-state index in [1.807, 2.05) is 12.1 Å². The standard InChI is InChI=1S/C17H13N5O/c18-9-12(7-11-1-2-11)15-8-13(3-5-19-15)23-17-14-4-6-20-16(14)21-10-22-17/h3-8,10-11H,1-2H2,(H,20,21,22)/b12-7+. The molecule has 0 bridgehead atoms. The summed E-state index contributed by atoms with van der Waals surface area (Å²) in [5.74, 6) is 1.57. The number of pyridine rings is 1. The molecule has 3 aromatic heterocycles. The van der Waals surface area contributed by atoms with Gasteiger partial charge < -0.3 is 9.72 Å². The summed E-state index contributed by atoms with van der Waals surface area (Å²) in [6, 6.07) is 7.59. The van der Waals surface area contributed by atoms with Gasteiger partial charge in [-0.1, -0.05) is 6.08 Å². The van der Waals surface area contributed by atoms with Crippen LogP contribution in [0.2, 0.25) is 0 Å². The Kier molecular flexibility index (Phi) is 3.24. The van der Waals surface area contributed by atoms with Gasteiger partial charge in [0.25, 0.3) is 0 Å². The quantitative estimate of drug-likeness (QED) is 0.746. The molecular formula is C17H13N5O. The minimum Gasteiger partial charge on any atom is -0.438 e. The van der Waals surface area contributed by atoms with Crippen molar-refractivity contribution >= 4 is 16.6 Å². The van der Waals surface area contributed by atoms with Gasteiger partial charge in [0.1, 0.15) is 23.8 Å². The number of ether oxygens (including phenoxy) is 1. The zero-order chi connectivity index (χ0) is 15.6. The second kappa shape index (κ2) is 5.54. The van der Waals surface area contributed by atoms with Crippen molar-refractivity contribution in [3.05, 3.63) is 48.7 Å². The first-order chi connectivity index (χ1) is 11.3. The Balaban J connectivity index is 1.66. The minimum atomic E-state index is 0.470. The first kappa shape index (κ1) is 13.5. The molecule has 6 heteroatoms. The third kappa shape index (κ3) is 2.77. The molecule has 0 radical (unpaired) electrons. The van der Waals surface area contributed by atoms with E-state index in [9.17, 15) is 5.26 Å². The molecule has 4 rings (SSSR count). The summed E-state index contributed by atoms with van der Waals surface area (Å²) in [5.41, 5.74) is 1.93. The highest BCUT2D eigenvalue weighted by Gasteiger charge is 2.20. The number of aromatic amines is 1. The molecule has 112 valence electrons. The fourth-order valence-corrected chi connectivity index (χ4v) is 2.34. The van der Waals surface area contributed by atoms with Gasteiger partial charge >= 0.3 is 0 Å². The average molecular weight is 303 g/mol. The molecule has 0 atom stereocenters. The van der Waals surface area contributed by atoms with E-state index in [-0.39, 0.29) is 0 Å². The lowest BCUT2D eigenvalue weighted by Gasteiger charge is -2.06. The van der Waals surface area contributed by atoms with Gasteiger partial charge in [-0.15, -0.1) is 0 Å². The Labute approximate surface area is 132 Å². The highest BCUT2D eigenvalue weighted by atomic mass is 16.5. The van der Waals surface area contributed by atoms with Crippen molar-refractivity contribution in [3.63, 3.8) is 0 Å². The Bertz CT molecular complexity index is 933. The lowest BCUT2D eigenvalue weighted by atomic mass is 10.1. The van der Waals surface area contributed by atoms with Gasteiger partial charge in [0.2, 0.25) is 5.88 Å². The summed E-state index contributed by atoms with van der Waals surface area (Å²) in [6.07, 6.45) is 9.15. The molecule has 6 nitrogen and oxygen atoms in total. The highest BCUT2D eigenvalue weighted by molar-refractivity contribution is 5.81. The number of nitrogens with zero attached hydrogens (tertiary/aromatic N) is 4. The number of hydrogen-bond donors (Lipinski definition) is 1. The number of fused-ring (bicyclic) bond motifs is 1. The molecule has 0 spiro atoms. The summed E-state index contributed by atoms with van der Waals surface area (Å²) < 4.78 is 5.86. The molecule has 0 aromatic carbocycles. The number of H-pyrrole nitrogens is 1. The Morgan fingerprint density at radius 1 is 1.30 bits per heavy atom. The van der Waals surface area contributed by atoms with E-state index in [2.05, 4.69) is 26.0 Å². The third-order valence-electron chi connectivity index (χ3n) is 3.68. The van der Waals surface area contributed by atoms with Crippen molar-refractivity contribution in [2.75, 3.05) is 0 Å². The molecular weight excluding hydrogens is 290 g/mol. The molecule has 1 N–H and O–H groups in total. The van der Waals surface area contributed by atoms with Crippen molar-refractivity contribution in [3.8, 4) is 17.7 Å². The summed E-state index contributed by atoms with van der Waals surface area (Å²) in [6.45, 7) is 0. The van der Waals surface area contributed by atoms with E-state index in [1.165, 1.54) is 6.33 Å². The molecule has 0 aliphatic heterocycles. The molecule has 1 fully saturated rings. The number of rotatable bonds is 4. The number of hydrogen-bond acceptors (Lipinski definition) is 5. The highest BCUT2D eigenvalue weighted by Crippen LogP contribution is 2.33. The smallest absolute Gasteiger partial charge is 0.231 e. The van der Waals surface area contributed by atoms with Crippen LogP contribution in [-0.4, -0.2) is 19.9 Å². The van der Waals surface area contributed by atoms with Crippen LogP contribution in [0.4, 0.5) is 0 Å². The minimum absolute atomic E-state index is 0.470. The zero-order valence-corrected chi connectivity index (χ0v) is 12.2. The van der Waals surface area contributed by atoms with Crippen LogP contribution >= 0.6 is 0 Å². The van der Waals surface area contributed by atoms with E-state index in [0.717, 1.165) is 23.9 Å². The van der Waals surface area contributed by atoms with Gasteiger partial charge in [-0.2, -0.15) is 5.26 Å². The molecule has 3 heterocycles. The largest absolute Gasteiger partial charge is 0.438 e. The lowest BCUT2D eigenvalue weighted by molar-refractivity contribution is 0.467. The number of nitriles is 1.